The Kier molecular flexibility index (Phi) is 4.59. The van der Waals surface area contributed by atoms with Crippen molar-refractivity contribution in [2.45, 2.75) is 39.8 Å². The molecule has 2 amide bonds. The van der Waals surface area contributed by atoms with Gasteiger partial charge in [0, 0.05) is 38.3 Å². The molecule has 1 saturated heterocycles. The summed E-state index contributed by atoms with van der Waals surface area (Å²) in [4.78, 5) is 18.5. The Labute approximate surface area is 99.2 Å². The minimum atomic E-state index is 0.193. The van der Waals surface area contributed by atoms with Crippen LogP contribution in [0.4, 0.5) is 4.79 Å². The third-order valence-electron chi connectivity index (χ3n) is 3.11. The number of likely N-dealkylation sites (N-methyl/N-ethyl adjacent to an activating group) is 1. The predicted octanol–water partition coefficient (Wildman–Crippen LogP) is 1.47. The zero-order chi connectivity index (χ0) is 12.3. The quantitative estimate of drug-likeness (QED) is 0.714. The molecule has 1 fully saturated rings. The molecule has 4 heteroatoms. The van der Waals surface area contributed by atoms with Gasteiger partial charge in [0.25, 0.3) is 0 Å². The Morgan fingerprint density at radius 3 is 1.81 bits per heavy atom. The number of piperazine rings is 1. The molecule has 1 aliphatic rings. The fourth-order valence-corrected chi connectivity index (χ4v) is 2.20. The molecule has 0 aromatic rings. The third kappa shape index (κ3) is 3.11. The topological polar surface area (TPSA) is 26.8 Å². The highest BCUT2D eigenvalue weighted by Crippen LogP contribution is 2.11. The third-order valence-corrected chi connectivity index (χ3v) is 3.11. The molecule has 0 radical (unpaired) electrons. The van der Waals surface area contributed by atoms with E-state index >= 15 is 0 Å². The van der Waals surface area contributed by atoms with Gasteiger partial charge in [0.2, 0.25) is 0 Å². The van der Waals surface area contributed by atoms with Gasteiger partial charge in [-0.3, -0.25) is 0 Å². The second kappa shape index (κ2) is 5.53. The first-order valence-corrected chi connectivity index (χ1v) is 6.19. The highest BCUT2D eigenvalue weighted by Gasteiger charge is 2.27. The molecule has 4 nitrogen and oxygen atoms in total. The number of urea groups is 1. The molecule has 1 heterocycles. The molecule has 0 N–H and O–H groups in total. The number of rotatable bonds is 2. The SMILES string of the molecule is CC(C)N(C(=O)N1CCN(C)CC1)C(C)C. The van der Waals surface area contributed by atoms with E-state index in [1.807, 2.05) is 9.80 Å². The van der Waals surface area contributed by atoms with E-state index in [4.69, 9.17) is 0 Å². The zero-order valence-corrected chi connectivity index (χ0v) is 11.2. The maximum Gasteiger partial charge on any atom is 0.320 e. The minimum absolute atomic E-state index is 0.193. The van der Waals surface area contributed by atoms with Gasteiger partial charge in [-0.25, -0.2) is 4.79 Å². The molecule has 0 atom stereocenters. The van der Waals surface area contributed by atoms with Gasteiger partial charge < -0.3 is 14.7 Å². The molecular formula is C12H25N3O. The number of carbonyl (C=O) groups excluding carboxylic acids is 1. The van der Waals surface area contributed by atoms with Crippen LogP contribution in [0.1, 0.15) is 27.7 Å². The van der Waals surface area contributed by atoms with Crippen LogP contribution >= 0.6 is 0 Å². The van der Waals surface area contributed by atoms with Crippen LogP contribution in [0.2, 0.25) is 0 Å². The highest BCUT2D eigenvalue weighted by molar-refractivity contribution is 5.75. The minimum Gasteiger partial charge on any atom is -0.322 e. The van der Waals surface area contributed by atoms with E-state index in [1.165, 1.54) is 0 Å². The van der Waals surface area contributed by atoms with Gasteiger partial charge in [0.1, 0.15) is 0 Å². The molecule has 0 spiro atoms. The Morgan fingerprint density at radius 2 is 1.44 bits per heavy atom. The summed E-state index contributed by atoms with van der Waals surface area (Å²) < 4.78 is 0. The lowest BCUT2D eigenvalue weighted by Crippen LogP contribution is -2.55. The van der Waals surface area contributed by atoms with Crippen molar-refractivity contribution in [3.63, 3.8) is 0 Å². The first kappa shape index (κ1) is 13.3. The molecule has 94 valence electrons. The van der Waals surface area contributed by atoms with Crippen LogP contribution in [0.25, 0.3) is 0 Å². The molecule has 1 aliphatic heterocycles. The van der Waals surface area contributed by atoms with Crippen LogP contribution in [-0.4, -0.2) is 66.0 Å². The number of hydrogen-bond donors (Lipinski definition) is 0. The van der Waals surface area contributed by atoms with Crippen molar-refractivity contribution in [1.29, 1.82) is 0 Å². The van der Waals surface area contributed by atoms with Crippen molar-refractivity contribution in [3.05, 3.63) is 0 Å². The van der Waals surface area contributed by atoms with E-state index in [9.17, 15) is 4.79 Å². The Morgan fingerprint density at radius 1 is 1.00 bits per heavy atom. The van der Waals surface area contributed by atoms with E-state index in [0.29, 0.717) is 0 Å². The molecule has 16 heavy (non-hydrogen) atoms. The van der Waals surface area contributed by atoms with E-state index < -0.39 is 0 Å². The highest BCUT2D eigenvalue weighted by atomic mass is 16.2. The average molecular weight is 227 g/mol. The van der Waals surface area contributed by atoms with Gasteiger partial charge in [-0.2, -0.15) is 0 Å². The lowest BCUT2D eigenvalue weighted by Gasteiger charge is -2.39. The van der Waals surface area contributed by atoms with Crippen molar-refractivity contribution >= 4 is 6.03 Å². The van der Waals surface area contributed by atoms with Gasteiger partial charge in [-0.15, -0.1) is 0 Å². The van der Waals surface area contributed by atoms with Crippen LogP contribution in [0.3, 0.4) is 0 Å². The first-order valence-electron chi connectivity index (χ1n) is 6.19. The zero-order valence-electron chi connectivity index (χ0n) is 11.2. The smallest absolute Gasteiger partial charge is 0.320 e. The van der Waals surface area contributed by atoms with Crippen molar-refractivity contribution in [1.82, 2.24) is 14.7 Å². The molecule has 0 bridgehead atoms. The van der Waals surface area contributed by atoms with Crippen LogP contribution in [0, 0.1) is 0 Å². The number of carbonyl (C=O) groups is 1. The van der Waals surface area contributed by atoms with Crippen molar-refractivity contribution in [2.24, 2.45) is 0 Å². The summed E-state index contributed by atoms with van der Waals surface area (Å²) in [6.07, 6.45) is 0. The molecule has 0 aromatic heterocycles. The Bertz CT molecular complexity index is 224. The van der Waals surface area contributed by atoms with Gasteiger partial charge in [0.15, 0.2) is 0 Å². The van der Waals surface area contributed by atoms with Gasteiger partial charge >= 0.3 is 6.03 Å². The van der Waals surface area contributed by atoms with Crippen molar-refractivity contribution in [3.8, 4) is 0 Å². The maximum absolute atomic E-state index is 12.3. The fourth-order valence-electron chi connectivity index (χ4n) is 2.20. The van der Waals surface area contributed by atoms with Gasteiger partial charge in [-0.1, -0.05) is 0 Å². The molecule has 1 rings (SSSR count). The average Bonchev–Trinajstić information content (AvgIpc) is 2.17. The fraction of sp³-hybridized carbons (Fsp3) is 0.917. The predicted molar refractivity (Wildman–Crippen MR) is 66.6 cm³/mol. The number of nitrogens with zero attached hydrogens (tertiary/aromatic N) is 3. The molecule has 0 aliphatic carbocycles. The number of hydrogen-bond acceptors (Lipinski definition) is 2. The van der Waals surface area contributed by atoms with E-state index in [0.717, 1.165) is 26.2 Å². The summed E-state index contributed by atoms with van der Waals surface area (Å²) in [5.74, 6) is 0. The van der Waals surface area contributed by atoms with E-state index in [-0.39, 0.29) is 18.1 Å². The summed E-state index contributed by atoms with van der Waals surface area (Å²) in [5, 5.41) is 0. The molecular weight excluding hydrogens is 202 g/mol. The monoisotopic (exact) mass is 227 g/mol. The Balaban J connectivity index is 2.61. The summed E-state index contributed by atoms with van der Waals surface area (Å²) in [7, 11) is 2.10. The molecule has 0 unspecified atom stereocenters. The van der Waals surface area contributed by atoms with E-state index in [1.54, 1.807) is 0 Å². The summed E-state index contributed by atoms with van der Waals surface area (Å²) in [5.41, 5.74) is 0. The maximum atomic E-state index is 12.3. The summed E-state index contributed by atoms with van der Waals surface area (Å²) in [6, 6.07) is 0.734. The standard InChI is InChI=1S/C12H25N3O/c1-10(2)15(11(3)4)12(16)14-8-6-13(5)7-9-14/h10-11H,6-9H2,1-5H3. The van der Waals surface area contributed by atoms with Gasteiger partial charge in [-0.05, 0) is 34.7 Å². The van der Waals surface area contributed by atoms with Gasteiger partial charge in [0.05, 0.1) is 0 Å². The second-order valence-corrected chi connectivity index (χ2v) is 5.17. The lowest BCUT2D eigenvalue weighted by atomic mass is 10.2. The van der Waals surface area contributed by atoms with Crippen LogP contribution in [0.15, 0.2) is 0 Å². The first-order chi connectivity index (χ1) is 7.43. The second-order valence-electron chi connectivity index (χ2n) is 5.17. The number of amides is 2. The van der Waals surface area contributed by atoms with Crippen LogP contribution < -0.4 is 0 Å². The van der Waals surface area contributed by atoms with Crippen molar-refractivity contribution in [2.75, 3.05) is 33.2 Å². The largest absolute Gasteiger partial charge is 0.322 e. The summed E-state index contributed by atoms with van der Waals surface area (Å²) >= 11 is 0. The molecule has 0 saturated carbocycles. The van der Waals surface area contributed by atoms with E-state index in [2.05, 4.69) is 39.6 Å². The lowest BCUT2D eigenvalue weighted by molar-refractivity contribution is 0.102. The summed E-state index contributed by atoms with van der Waals surface area (Å²) in [6.45, 7) is 12.0. The Hall–Kier alpha value is -0.770. The van der Waals surface area contributed by atoms with Crippen molar-refractivity contribution < 1.29 is 4.79 Å². The van der Waals surface area contributed by atoms with Crippen LogP contribution in [-0.2, 0) is 0 Å². The molecule has 0 aromatic carbocycles. The van der Waals surface area contributed by atoms with Crippen LogP contribution in [0.5, 0.6) is 0 Å². The normalized spacial score (nSPS) is 18.3.